The van der Waals surface area contributed by atoms with E-state index in [0.717, 1.165) is 63.6 Å². The second-order valence-corrected chi connectivity index (χ2v) is 15.1. The van der Waals surface area contributed by atoms with Crippen molar-refractivity contribution in [3.05, 3.63) is 142 Å². The van der Waals surface area contributed by atoms with Crippen molar-refractivity contribution in [1.82, 2.24) is 25.1 Å². The molecule has 0 aliphatic carbocycles. The van der Waals surface area contributed by atoms with Crippen molar-refractivity contribution in [2.24, 2.45) is 0 Å². The molecule has 302 valence electrons. The number of hydrazine groups is 1. The molecule has 59 heavy (non-hydrogen) atoms. The Morgan fingerprint density at radius 2 is 1.24 bits per heavy atom. The summed E-state index contributed by atoms with van der Waals surface area (Å²) >= 11 is 2.47. The Morgan fingerprint density at radius 1 is 0.678 bits per heavy atom. The number of amides is 4. The lowest BCUT2D eigenvalue weighted by molar-refractivity contribution is -0.120. The van der Waals surface area contributed by atoms with E-state index >= 15 is 4.39 Å². The molecule has 4 N–H and O–H groups in total. The summed E-state index contributed by atoms with van der Waals surface area (Å²) in [6, 6.07) is 15.2. The first-order valence-corrected chi connectivity index (χ1v) is 19.2. The van der Waals surface area contributed by atoms with Gasteiger partial charge in [-0.05, 0) is 113 Å². The van der Waals surface area contributed by atoms with E-state index in [1.165, 1.54) is 35.8 Å². The fourth-order valence-corrected chi connectivity index (χ4v) is 7.56. The van der Waals surface area contributed by atoms with Crippen LogP contribution in [0.2, 0.25) is 0 Å². The van der Waals surface area contributed by atoms with Crippen molar-refractivity contribution in [1.29, 1.82) is 0 Å². The molecule has 1 aliphatic heterocycles. The van der Waals surface area contributed by atoms with E-state index in [4.69, 9.17) is 0 Å². The van der Waals surface area contributed by atoms with Crippen molar-refractivity contribution < 1.29 is 41.1 Å². The van der Waals surface area contributed by atoms with E-state index in [2.05, 4.69) is 30.5 Å². The molecule has 1 aliphatic rings. The molecule has 4 amide bonds. The normalized spacial score (nSPS) is 12.9. The van der Waals surface area contributed by atoms with Gasteiger partial charge >= 0.3 is 0 Å². The Morgan fingerprint density at radius 3 is 1.85 bits per heavy atom. The van der Waals surface area contributed by atoms with Crippen LogP contribution in [0.15, 0.2) is 95.9 Å². The summed E-state index contributed by atoms with van der Waals surface area (Å²) < 4.78 is 76.9. The van der Waals surface area contributed by atoms with Crippen LogP contribution < -0.4 is 30.7 Å². The number of likely N-dealkylation sites (N-methyl/N-ethyl adjacent to an activating group) is 2. The number of rotatable bonds is 12. The molecule has 2 atom stereocenters. The van der Waals surface area contributed by atoms with Crippen molar-refractivity contribution in [2.45, 2.75) is 29.8 Å². The van der Waals surface area contributed by atoms with Gasteiger partial charge in [-0.1, -0.05) is 4.49 Å². The van der Waals surface area contributed by atoms with Crippen LogP contribution in [0.25, 0.3) is 10.2 Å². The van der Waals surface area contributed by atoms with Gasteiger partial charge in [0.15, 0.2) is 0 Å². The molecule has 19 heteroatoms. The van der Waals surface area contributed by atoms with Gasteiger partial charge in [-0.2, -0.15) is 4.83 Å². The van der Waals surface area contributed by atoms with E-state index < -0.39 is 76.8 Å². The quantitative estimate of drug-likeness (QED) is 0.0820. The van der Waals surface area contributed by atoms with E-state index in [1.807, 2.05) is 0 Å². The predicted octanol–water partition coefficient (Wildman–Crippen LogP) is 6.33. The minimum absolute atomic E-state index is 0.00728. The summed E-state index contributed by atoms with van der Waals surface area (Å²) in [5.41, 5.74) is 3.99. The van der Waals surface area contributed by atoms with E-state index in [1.54, 1.807) is 36.4 Å². The van der Waals surface area contributed by atoms with E-state index in [-0.39, 0.29) is 23.1 Å². The first-order chi connectivity index (χ1) is 28.2. The number of benzene rings is 5. The van der Waals surface area contributed by atoms with Gasteiger partial charge in [-0.3, -0.25) is 19.2 Å². The standard InChI is InChI=1S/C40H31F5N8O4S2/c1-52(27-4-7-35-31(18-27)48-50-58-35)39(56)33(13-20-9-23(41)16-24(42)10-20)46-37(54)22-3-6-30(45)29(15-22)38(55)47-34(14-21-11-25(43)17-26(44)12-21)40(57)53(2)28-5-8-36-32(19-28)49-51-59-36/h3-12,15-19,33-34,48,50H,13-14H2,1-2H3,(H,46,54)(H,47,55)/t33-,34-/m0/s1. The predicted molar refractivity (Wildman–Crippen MR) is 212 cm³/mol. The number of fused-ring (bicyclic) bond motifs is 2. The summed E-state index contributed by atoms with van der Waals surface area (Å²) in [4.78, 5) is 61.7. The third-order valence-electron chi connectivity index (χ3n) is 9.38. The molecule has 0 saturated heterocycles. The number of aromatic nitrogens is 2. The molecule has 0 radical (unpaired) electrons. The molecular formula is C40H31F5N8O4S2. The minimum Gasteiger partial charge on any atom is -0.340 e. The number of carbonyl (C=O) groups is 4. The van der Waals surface area contributed by atoms with Gasteiger partial charge in [0.1, 0.15) is 46.7 Å². The Balaban J connectivity index is 1.15. The van der Waals surface area contributed by atoms with Crippen molar-refractivity contribution in [3.63, 3.8) is 0 Å². The fraction of sp³-hybridized carbons (Fsp3) is 0.150. The molecule has 0 saturated carbocycles. The van der Waals surface area contributed by atoms with Gasteiger partial charge in [0, 0.05) is 60.9 Å². The lowest BCUT2D eigenvalue weighted by atomic mass is 10.0. The smallest absolute Gasteiger partial charge is 0.254 e. The zero-order chi connectivity index (χ0) is 42.0. The van der Waals surface area contributed by atoms with Crippen LogP contribution >= 0.6 is 23.5 Å². The SMILES string of the molecule is CN(C(=O)[C@H](Cc1cc(F)cc(F)c1)NC(=O)c1ccc(F)c(C(=O)N[C@@H](Cc2cc(F)cc(F)c2)C(=O)N(C)c2ccc3snnc3c2)c1)c1ccc2c(c1)NNS2. The van der Waals surface area contributed by atoms with Gasteiger partial charge < -0.3 is 25.9 Å². The van der Waals surface area contributed by atoms with Crippen LogP contribution in [0.4, 0.5) is 39.0 Å². The van der Waals surface area contributed by atoms with Gasteiger partial charge in [0.05, 0.1) is 16.0 Å². The average Bonchev–Trinajstić information content (AvgIpc) is 3.88. The molecular weight excluding hydrogens is 816 g/mol. The van der Waals surface area contributed by atoms with Gasteiger partial charge in [-0.25, -0.2) is 22.0 Å². The first kappa shape index (κ1) is 40.7. The zero-order valence-electron chi connectivity index (χ0n) is 30.9. The Hall–Kier alpha value is -6.44. The summed E-state index contributed by atoms with van der Waals surface area (Å²) in [5.74, 6) is -8.27. The number of nitrogens with one attached hydrogen (secondary N) is 4. The number of hydrogen-bond acceptors (Lipinski definition) is 10. The van der Waals surface area contributed by atoms with Crippen LogP contribution in [0, 0.1) is 29.1 Å². The molecule has 0 spiro atoms. The van der Waals surface area contributed by atoms with Crippen LogP contribution in [0.5, 0.6) is 0 Å². The Bertz CT molecular complexity index is 2590. The summed E-state index contributed by atoms with van der Waals surface area (Å²) in [5, 5.41) is 9.01. The molecule has 5 aromatic carbocycles. The topological polar surface area (TPSA) is 149 Å². The fourth-order valence-electron chi connectivity index (χ4n) is 6.40. The van der Waals surface area contributed by atoms with Crippen LogP contribution in [0.1, 0.15) is 31.8 Å². The summed E-state index contributed by atoms with van der Waals surface area (Å²) in [6.45, 7) is 0. The summed E-state index contributed by atoms with van der Waals surface area (Å²) in [7, 11) is 2.86. The van der Waals surface area contributed by atoms with E-state index in [9.17, 15) is 36.7 Å². The lowest BCUT2D eigenvalue weighted by Crippen LogP contribution is -2.49. The highest BCUT2D eigenvalue weighted by atomic mass is 32.2. The largest absolute Gasteiger partial charge is 0.340 e. The highest BCUT2D eigenvalue weighted by molar-refractivity contribution is 7.98. The second-order valence-electron chi connectivity index (χ2n) is 13.4. The monoisotopic (exact) mass is 846 g/mol. The Labute approximate surface area is 341 Å². The minimum atomic E-state index is -1.51. The highest BCUT2D eigenvalue weighted by Crippen LogP contribution is 2.33. The van der Waals surface area contributed by atoms with Crippen LogP contribution in [0.3, 0.4) is 0 Å². The first-order valence-electron chi connectivity index (χ1n) is 17.6. The molecule has 7 rings (SSSR count). The number of anilines is 3. The summed E-state index contributed by atoms with van der Waals surface area (Å²) in [6.07, 6.45) is -0.776. The third-order valence-corrected chi connectivity index (χ3v) is 10.9. The molecule has 0 bridgehead atoms. The number of nitrogens with zero attached hydrogens (tertiary/aromatic N) is 4. The van der Waals surface area contributed by atoms with Gasteiger partial charge in [-0.15, -0.1) is 5.10 Å². The molecule has 2 heterocycles. The molecule has 6 aromatic rings. The molecule has 0 unspecified atom stereocenters. The van der Waals surface area contributed by atoms with Crippen molar-refractivity contribution in [3.8, 4) is 0 Å². The van der Waals surface area contributed by atoms with Crippen LogP contribution in [-0.4, -0.2) is 59.4 Å². The molecule has 0 fully saturated rings. The third kappa shape index (κ3) is 9.32. The van der Waals surface area contributed by atoms with Crippen molar-refractivity contribution in [2.75, 3.05) is 29.3 Å². The number of hydrogen-bond donors (Lipinski definition) is 4. The van der Waals surface area contributed by atoms with Gasteiger partial charge in [0.25, 0.3) is 11.8 Å². The maximum absolute atomic E-state index is 15.4. The lowest BCUT2D eigenvalue weighted by Gasteiger charge is -2.26. The van der Waals surface area contributed by atoms with Crippen LogP contribution in [-0.2, 0) is 22.4 Å². The second kappa shape index (κ2) is 17.2. The molecule has 1 aromatic heterocycles. The van der Waals surface area contributed by atoms with Gasteiger partial charge in [0.2, 0.25) is 11.8 Å². The van der Waals surface area contributed by atoms with E-state index in [0.29, 0.717) is 34.7 Å². The zero-order valence-corrected chi connectivity index (χ0v) is 32.5. The highest BCUT2D eigenvalue weighted by Gasteiger charge is 2.30. The average molecular weight is 847 g/mol. The molecule has 12 nitrogen and oxygen atoms in total. The number of halogens is 5. The maximum Gasteiger partial charge on any atom is 0.254 e. The Kier molecular flexibility index (Phi) is 11.9. The van der Waals surface area contributed by atoms with Crippen molar-refractivity contribution >= 4 is 74.4 Å². The number of carbonyl (C=O) groups excluding carboxylic acids is 4. The maximum atomic E-state index is 15.4.